The molecule has 0 atom stereocenters. The topological polar surface area (TPSA) is 102 Å². The number of amides is 2. The first-order valence-corrected chi connectivity index (χ1v) is 9.65. The van der Waals surface area contributed by atoms with E-state index in [1.165, 1.54) is 0 Å². The van der Waals surface area contributed by atoms with Crippen LogP contribution in [-0.2, 0) is 19.1 Å². The zero-order chi connectivity index (χ0) is 21.4. The van der Waals surface area contributed by atoms with Crippen LogP contribution in [0.3, 0.4) is 0 Å². The van der Waals surface area contributed by atoms with Gasteiger partial charge in [0.2, 0.25) is 5.91 Å². The summed E-state index contributed by atoms with van der Waals surface area (Å²) in [5.41, 5.74) is 9.45. The minimum Gasteiger partial charge on any atom is -0.466 e. The molecule has 0 unspecified atom stereocenters. The van der Waals surface area contributed by atoms with Gasteiger partial charge in [-0.15, -0.1) is 0 Å². The Bertz CT molecular complexity index is 868. The molecule has 0 bridgehead atoms. The molecule has 0 saturated heterocycles. The van der Waals surface area contributed by atoms with E-state index in [1.807, 2.05) is 30.3 Å². The summed E-state index contributed by atoms with van der Waals surface area (Å²) in [6.07, 6.45) is -0.365. The van der Waals surface area contributed by atoms with E-state index >= 15 is 0 Å². The standard InChI is InChI=1S/C20H21Cl2N3O4/c1-2-29-19(28)9-8-18(27)25(24-17(26)12-23)20-15(21)10-14(11-16(20)22)13-6-4-3-5-7-13/h3-7,10-11H,2,8-9,12,23H2,1H3,(H,24,26). The summed E-state index contributed by atoms with van der Waals surface area (Å²) in [7, 11) is 0. The smallest absolute Gasteiger partial charge is 0.306 e. The number of anilines is 1. The van der Waals surface area contributed by atoms with Crippen LogP contribution < -0.4 is 16.2 Å². The molecule has 2 rings (SSSR count). The highest BCUT2D eigenvalue weighted by Crippen LogP contribution is 2.38. The number of nitrogens with one attached hydrogen (secondary N) is 1. The third-order valence-corrected chi connectivity index (χ3v) is 4.44. The van der Waals surface area contributed by atoms with Crippen molar-refractivity contribution in [1.82, 2.24) is 5.43 Å². The SMILES string of the molecule is CCOC(=O)CCC(=O)N(NC(=O)CN)c1c(Cl)cc(-c2ccccc2)cc1Cl. The summed E-state index contributed by atoms with van der Waals surface area (Å²) in [5, 5.41) is 1.23. The van der Waals surface area contributed by atoms with Crippen molar-refractivity contribution >= 4 is 46.7 Å². The summed E-state index contributed by atoms with van der Waals surface area (Å²) in [4.78, 5) is 36.1. The lowest BCUT2D eigenvalue weighted by Crippen LogP contribution is -2.49. The minimum atomic E-state index is -0.617. The molecule has 0 aromatic heterocycles. The average Bonchev–Trinajstić information content (AvgIpc) is 2.71. The van der Waals surface area contributed by atoms with Gasteiger partial charge in [0.1, 0.15) is 5.69 Å². The molecule has 0 radical (unpaired) electrons. The summed E-state index contributed by atoms with van der Waals surface area (Å²) in [5.74, 6) is -1.73. The van der Waals surface area contributed by atoms with Crippen molar-refractivity contribution in [2.24, 2.45) is 5.73 Å². The Morgan fingerprint density at radius 1 is 1.03 bits per heavy atom. The van der Waals surface area contributed by atoms with Crippen LogP contribution in [-0.4, -0.2) is 30.9 Å². The second kappa shape index (κ2) is 10.8. The first-order valence-electron chi connectivity index (χ1n) is 8.90. The van der Waals surface area contributed by atoms with E-state index in [1.54, 1.807) is 19.1 Å². The molecule has 0 aliphatic heterocycles. The number of rotatable bonds is 7. The number of esters is 1. The zero-order valence-electron chi connectivity index (χ0n) is 15.8. The number of nitrogens with zero attached hydrogens (tertiary/aromatic N) is 1. The predicted octanol–water partition coefficient (Wildman–Crippen LogP) is 3.33. The normalized spacial score (nSPS) is 10.3. The highest BCUT2D eigenvalue weighted by atomic mass is 35.5. The van der Waals surface area contributed by atoms with Crippen molar-refractivity contribution in [2.75, 3.05) is 18.2 Å². The number of ether oxygens (including phenoxy) is 1. The Labute approximate surface area is 178 Å². The quantitative estimate of drug-likeness (QED) is 0.510. The fraction of sp³-hybridized carbons (Fsp3) is 0.250. The number of benzene rings is 2. The molecule has 0 fully saturated rings. The number of hydrazine groups is 1. The third kappa shape index (κ3) is 6.19. The number of carbonyl (C=O) groups is 3. The van der Waals surface area contributed by atoms with Gasteiger partial charge in [0, 0.05) is 6.42 Å². The average molecular weight is 438 g/mol. The molecule has 2 aromatic carbocycles. The number of hydrogen-bond acceptors (Lipinski definition) is 5. The molecule has 0 aliphatic rings. The predicted molar refractivity (Wildman–Crippen MR) is 112 cm³/mol. The summed E-state index contributed by atoms with van der Waals surface area (Å²) in [6.45, 7) is 1.53. The highest BCUT2D eigenvalue weighted by Gasteiger charge is 2.24. The van der Waals surface area contributed by atoms with Crippen molar-refractivity contribution < 1.29 is 19.1 Å². The molecular formula is C20H21Cl2N3O4. The summed E-state index contributed by atoms with van der Waals surface area (Å²) in [6, 6.07) is 12.7. The van der Waals surface area contributed by atoms with Gasteiger partial charge in [-0.25, -0.2) is 5.01 Å². The van der Waals surface area contributed by atoms with Crippen molar-refractivity contribution in [3.8, 4) is 11.1 Å². The third-order valence-electron chi connectivity index (χ3n) is 3.87. The van der Waals surface area contributed by atoms with Gasteiger partial charge in [0.15, 0.2) is 0 Å². The first kappa shape index (κ1) is 22.7. The van der Waals surface area contributed by atoms with Crippen molar-refractivity contribution in [1.29, 1.82) is 0 Å². The molecule has 3 N–H and O–H groups in total. The van der Waals surface area contributed by atoms with Gasteiger partial charge in [0.05, 0.1) is 29.6 Å². The van der Waals surface area contributed by atoms with Crippen LogP contribution in [0.15, 0.2) is 42.5 Å². The lowest BCUT2D eigenvalue weighted by atomic mass is 10.1. The van der Waals surface area contributed by atoms with Crippen LogP contribution in [0.25, 0.3) is 11.1 Å². The molecule has 7 nitrogen and oxygen atoms in total. The first-order chi connectivity index (χ1) is 13.9. The maximum absolute atomic E-state index is 12.7. The van der Waals surface area contributed by atoms with Crippen molar-refractivity contribution in [2.45, 2.75) is 19.8 Å². The fourth-order valence-electron chi connectivity index (χ4n) is 2.54. The van der Waals surface area contributed by atoms with Crippen LogP contribution in [0.4, 0.5) is 5.69 Å². The molecule has 29 heavy (non-hydrogen) atoms. The van der Waals surface area contributed by atoms with Crippen LogP contribution >= 0.6 is 23.2 Å². The number of nitrogens with two attached hydrogens (primary N) is 1. The van der Waals surface area contributed by atoms with E-state index in [0.717, 1.165) is 16.1 Å². The van der Waals surface area contributed by atoms with E-state index in [-0.39, 0.29) is 41.7 Å². The second-order valence-electron chi connectivity index (χ2n) is 5.93. The Morgan fingerprint density at radius 2 is 1.66 bits per heavy atom. The molecule has 0 saturated carbocycles. The molecule has 2 amide bonds. The Kier molecular flexibility index (Phi) is 8.45. The van der Waals surface area contributed by atoms with Crippen LogP contribution in [0.1, 0.15) is 19.8 Å². The maximum Gasteiger partial charge on any atom is 0.306 e. The minimum absolute atomic E-state index is 0.101. The lowest BCUT2D eigenvalue weighted by molar-refractivity contribution is -0.144. The van der Waals surface area contributed by atoms with Gasteiger partial charge >= 0.3 is 5.97 Å². The second-order valence-corrected chi connectivity index (χ2v) is 6.74. The number of hydrogen-bond donors (Lipinski definition) is 2. The molecule has 0 heterocycles. The van der Waals surface area contributed by atoms with Crippen molar-refractivity contribution in [3.05, 3.63) is 52.5 Å². The van der Waals surface area contributed by atoms with Gasteiger partial charge in [-0.1, -0.05) is 53.5 Å². The Balaban J connectivity index is 2.36. The van der Waals surface area contributed by atoms with Crippen LogP contribution in [0.2, 0.25) is 10.0 Å². The van der Waals surface area contributed by atoms with Gasteiger partial charge in [-0.3, -0.25) is 19.8 Å². The fourth-order valence-corrected chi connectivity index (χ4v) is 3.20. The van der Waals surface area contributed by atoms with E-state index in [0.29, 0.717) is 0 Å². The Morgan fingerprint density at radius 3 is 2.21 bits per heavy atom. The van der Waals surface area contributed by atoms with E-state index in [2.05, 4.69) is 5.43 Å². The van der Waals surface area contributed by atoms with Gasteiger partial charge in [0.25, 0.3) is 5.91 Å². The molecule has 9 heteroatoms. The van der Waals surface area contributed by atoms with Gasteiger partial charge < -0.3 is 10.5 Å². The van der Waals surface area contributed by atoms with E-state index in [9.17, 15) is 14.4 Å². The molecule has 0 spiro atoms. The van der Waals surface area contributed by atoms with Crippen LogP contribution in [0.5, 0.6) is 0 Å². The maximum atomic E-state index is 12.7. The number of halogens is 2. The largest absolute Gasteiger partial charge is 0.466 e. The van der Waals surface area contributed by atoms with Crippen molar-refractivity contribution in [3.63, 3.8) is 0 Å². The molecule has 2 aromatic rings. The monoisotopic (exact) mass is 437 g/mol. The molecular weight excluding hydrogens is 417 g/mol. The molecule has 0 aliphatic carbocycles. The Hall–Kier alpha value is -2.61. The van der Waals surface area contributed by atoms with E-state index < -0.39 is 17.8 Å². The van der Waals surface area contributed by atoms with E-state index in [4.69, 9.17) is 33.7 Å². The van der Waals surface area contributed by atoms with Gasteiger partial charge in [-0.2, -0.15) is 0 Å². The summed E-state index contributed by atoms with van der Waals surface area (Å²) < 4.78 is 4.82. The molecule has 154 valence electrons. The number of carbonyl (C=O) groups excluding carboxylic acids is 3. The van der Waals surface area contributed by atoms with Crippen LogP contribution in [0, 0.1) is 0 Å². The van der Waals surface area contributed by atoms with Gasteiger partial charge in [-0.05, 0) is 30.2 Å². The summed E-state index contributed by atoms with van der Waals surface area (Å²) >= 11 is 12.8. The highest BCUT2D eigenvalue weighted by molar-refractivity contribution is 6.40. The zero-order valence-corrected chi connectivity index (χ0v) is 17.3. The lowest BCUT2D eigenvalue weighted by Gasteiger charge is -2.25.